The van der Waals surface area contributed by atoms with Gasteiger partial charge in [0.1, 0.15) is 6.10 Å². The minimum absolute atomic E-state index is 0.287. The highest BCUT2D eigenvalue weighted by molar-refractivity contribution is 5.39. The molecule has 1 fully saturated rings. The summed E-state index contributed by atoms with van der Waals surface area (Å²) in [4.78, 5) is 9.47. The molecule has 1 aliphatic heterocycles. The van der Waals surface area contributed by atoms with Gasteiger partial charge in [-0.15, -0.1) is 0 Å². The molecule has 2 rings (SSSR count). The fourth-order valence-corrected chi connectivity index (χ4v) is 1.28. The van der Waals surface area contributed by atoms with Crippen LogP contribution in [0.2, 0.25) is 0 Å². The predicted octanol–water partition coefficient (Wildman–Crippen LogP) is 1.22. The van der Waals surface area contributed by atoms with Crippen LogP contribution in [0.1, 0.15) is 0 Å². The van der Waals surface area contributed by atoms with E-state index in [0.717, 1.165) is 0 Å². The van der Waals surface area contributed by atoms with Gasteiger partial charge in [-0.05, 0) is 0 Å². The highest BCUT2D eigenvalue weighted by atomic mass is 19.1. The first-order valence-corrected chi connectivity index (χ1v) is 4.58. The summed E-state index contributed by atoms with van der Waals surface area (Å²) in [7, 11) is 0. The molecule has 16 heavy (non-hydrogen) atoms. The van der Waals surface area contributed by atoms with E-state index >= 15 is 0 Å². The van der Waals surface area contributed by atoms with Gasteiger partial charge in [-0.1, -0.05) is 0 Å². The molecule has 1 aliphatic rings. The fourth-order valence-electron chi connectivity index (χ4n) is 1.28. The Balaban J connectivity index is 2.27. The standard InChI is InChI=1S/C9H8F2N2O3/c10-7-1-5(13(14)15)2-8(11)9(7)16-6-3-12-4-6/h1-2,6,12H,3-4H2. The lowest BCUT2D eigenvalue weighted by Crippen LogP contribution is -2.50. The topological polar surface area (TPSA) is 64.4 Å². The highest BCUT2D eigenvalue weighted by Crippen LogP contribution is 2.28. The van der Waals surface area contributed by atoms with Crippen LogP contribution >= 0.6 is 0 Å². The number of hydrogen-bond donors (Lipinski definition) is 1. The summed E-state index contributed by atoms with van der Waals surface area (Å²) in [5.41, 5.74) is -0.630. The van der Waals surface area contributed by atoms with Gasteiger partial charge in [0, 0.05) is 13.1 Å². The third-order valence-corrected chi connectivity index (χ3v) is 2.22. The Morgan fingerprint density at radius 1 is 1.38 bits per heavy atom. The lowest BCUT2D eigenvalue weighted by atomic mass is 10.2. The second-order valence-electron chi connectivity index (χ2n) is 3.39. The van der Waals surface area contributed by atoms with Crippen LogP contribution in [0.4, 0.5) is 14.5 Å². The summed E-state index contributed by atoms with van der Waals surface area (Å²) >= 11 is 0. The quantitative estimate of drug-likeness (QED) is 0.626. The molecular formula is C9H8F2N2O3. The van der Waals surface area contributed by atoms with Crippen molar-refractivity contribution in [1.82, 2.24) is 5.32 Å². The molecule has 0 saturated carbocycles. The van der Waals surface area contributed by atoms with E-state index in [4.69, 9.17) is 4.74 Å². The van der Waals surface area contributed by atoms with E-state index in [1.807, 2.05) is 0 Å². The van der Waals surface area contributed by atoms with Crippen molar-refractivity contribution < 1.29 is 18.4 Å². The van der Waals surface area contributed by atoms with Crippen LogP contribution in [0.3, 0.4) is 0 Å². The number of nitrogens with one attached hydrogen (secondary N) is 1. The summed E-state index contributed by atoms with van der Waals surface area (Å²) in [6.07, 6.45) is -0.287. The van der Waals surface area contributed by atoms with Gasteiger partial charge in [-0.3, -0.25) is 10.1 Å². The molecule has 1 heterocycles. The SMILES string of the molecule is O=[N+]([O-])c1cc(F)c(OC2CNC2)c(F)c1. The average Bonchev–Trinajstić information content (AvgIpc) is 2.13. The molecule has 1 aromatic rings. The van der Waals surface area contributed by atoms with Crippen molar-refractivity contribution in [3.05, 3.63) is 33.9 Å². The van der Waals surface area contributed by atoms with E-state index < -0.39 is 28.0 Å². The monoisotopic (exact) mass is 230 g/mol. The molecule has 86 valence electrons. The second kappa shape index (κ2) is 4.01. The molecule has 0 amide bonds. The van der Waals surface area contributed by atoms with Crippen LogP contribution in [0, 0.1) is 21.7 Å². The Bertz CT molecular complexity index is 412. The van der Waals surface area contributed by atoms with Gasteiger partial charge in [0.15, 0.2) is 17.4 Å². The number of benzene rings is 1. The molecule has 0 atom stereocenters. The van der Waals surface area contributed by atoms with Crippen molar-refractivity contribution in [2.75, 3.05) is 13.1 Å². The van der Waals surface area contributed by atoms with Gasteiger partial charge < -0.3 is 10.1 Å². The zero-order valence-corrected chi connectivity index (χ0v) is 8.07. The molecule has 0 aromatic heterocycles. The summed E-state index contributed by atoms with van der Waals surface area (Å²) in [5.74, 6) is -2.67. The second-order valence-corrected chi connectivity index (χ2v) is 3.39. The van der Waals surface area contributed by atoms with Gasteiger partial charge >= 0.3 is 0 Å². The zero-order chi connectivity index (χ0) is 11.7. The molecule has 1 aromatic carbocycles. The minimum atomic E-state index is -1.06. The Hall–Kier alpha value is -1.76. The smallest absolute Gasteiger partial charge is 0.275 e. The number of non-ortho nitro benzene ring substituents is 1. The lowest BCUT2D eigenvalue weighted by molar-refractivity contribution is -0.385. The van der Waals surface area contributed by atoms with Crippen LogP contribution in [0.15, 0.2) is 12.1 Å². The maximum absolute atomic E-state index is 13.3. The first-order valence-electron chi connectivity index (χ1n) is 4.58. The van der Waals surface area contributed by atoms with Crippen molar-refractivity contribution in [2.45, 2.75) is 6.10 Å². The van der Waals surface area contributed by atoms with Crippen molar-refractivity contribution in [3.63, 3.8) is 0 Å². The molecule has 0 bridgehead atoms. The molecule has 5 nitrogen and oxygen atoms in total. The van der Waals surface area contributed by atoms with E-state index in [0.29, 0.717) is 25.2 Å². The van der Waals surface area contributed by atoms with E-state index in [-0.39, 0.29) is 6.10 Å². The maximum atomic E-state index is 13.3. The lowest BCUT2D eigenvalue weighted by Gasteiger charge is -2.27. The fraction of sp³-hybridized carbons (Fsp3) is 0.333. The van der Waals surface area contributed by atoms with Gasteiger partial charge in [0.25, 0.3) is 5.69 Å². The highest BCUT2D eigenvalue weighted by Gasteiger charge is 2.24. The summed E-state index contributed by atoms with van der Waals surface area (Å²) in [6.45, 7) is 1.02. The summed E-state index contributed by atoms with van der Waals surface area (Å²) in [5, 5.41) is 13.2. The van der Waals surface area contributed by atoms with Crippen LogP contribution in [-0.2, 0) is 0 Å². The minimum Gasteiger partial charge on any atom is -0.482 e. The van der Waals surface area contributed by atoms with Crippen LogP contribution < -0.4 is 10.1 Å². The molecule has 1 N–H and O–H groups in total. The first-order chi connectivity index (χ1) is 7.58. The van der Waals surface area contributed by atoms with Crippen molar-refractivity contribution in [2.24, 2.45) is 0 Å². The number of nitro benzene ring substituents is 1. The molecular weight excluding hydrogens is 222 g/mol. The number of hydrogen-bond acceptors (Lipinski definition) is 4. The number of nitrogens with zero attached hydrogens (tertiary/aromatic N) is 1. The molecule has 0 unspecified atom stereocenters. The Morgan fingerprint density at radius 3 is 2.31 bits per heavy atom. The van der Waals surface area contributed by atoms with Crippen LogP contribution in [0.5, 0.6) is 5.75 Å². The maximum Gasteiger partial charge on any atom is 0.275 e. The van der Waals surface area contributed by atoms with Gasteiger partial charge in [0.2, 0.25) is 0 Å². The zero-order valence-electron chi connectivity index (χ0n) is 8.07. The third kappa shape index (κ3) is 1.94. The predicted molar refractivity (Wildman–Crippen MR) is 50.3 cm³/mol. The normalized spacial score (nSPS) is 15.6. The first kappa shape index (κ1) is 10.7. The molecule has 7 heteroatoms. The van der Waals surface area contributed by atoms with Crippen molar-refractivity contribution in [1.29, 1.82) is 0 Å². The summed E-state index contributed by atoms with van der Waals surface area (Å²) < 4.78 is 31.6. The van der Waals surface area contributed by atoms with Crippen molar-refractivity contribution in [3.8, 4) is 5.75 Å². The van der Waals surface area contributed by atoms with Gasteiger partial charge in [-0.2, -0.15) is 0 Å². The van der Waals surface area contributed by atoms with Crippen LogP contribution in [-0.4, -0.2) is 24.1 Å². The van der Waals surface area contributed by atoms with E-state index in [1.165, 1.54) is 0 Å². The van der Waals surface area contributed by atoms with E-state index in [2.05, 4.69) is 5.32 Å². The number of rotatable bonds is 3. The molecule has 0 aliphatic carbocycles. The third-order valence-electron chi connectivity index (χ3n) is 2.22. The Labute approximate surface area is 89.2 Å². The van der Waals surface area contributed by atoms with Gasteiger partial charge in [0.05, 0.1) is 17.1 Å². The molecule has 0 radical (unpaired) electrons. The largest absolute Gasteiger partial charge is 0.482 e. The van der Waals surface area contributed by atoms with Crippen molar-refractivity contribution >= 4 is 5.69 Å². The number of ether oxygens (including phenoxy) is 1. The molecule has 0 spiro atoms. The number of halogens is 2. The summed E-state index contributed by atoms with van der Waals surface area (Å²) in [6, 6.07) is 1.29. The van der Waals surface area contributed by atoms with Gasteiger partial charge in [-0.25, -0.2) is 8.78 Å². The number of nitro groups is 1. The van der Waals surface area contributed by atoms with E-state index in [1.54, 1.807) is 0 Å². The molecule has 1 saturated heterocycles. The average molecular weight is 230 g/mol. The Morgan fingerprint density at radius 2 is 1.94 bits per heavy atom. The van der Waals surface area contributed by atoms with E-state index in [9.17, 15) is 18.9 Å². The van der Waals surface area contributed by atoms with Crippen LogP contribution in [0.25, 0.3) is 0 Å². The Kier molecular flexibility index (Phi) is 2.69.